The zero-order valence-electron chi connectivity index (χ0n) is 40.5. The first-order valence-corrected chi connectivity index (χ1v) is 25.5. The molecule has 0 amide bonds. The number of nitrogens with one attached hydrogen (secondary N) is 6. The second-order valence-corrected chi connectivity index (χ2v) is 18.3. The Morgan fingerprint density at radius 2 is 0.508 bits per heavy atom. The highest BCUT2D eigenvalue weighted by Gasteiger charge is 2.11. The molecule has 0 radical (unpaired) electrons. The quantitative estimate of drug-likeness (QED) is 0.0249. The Bertz CT molecular complexity index is 1510. The largest absolute Gasteiger partial charge is 0.383 e. The molecule has 0 saturated heterocycles. The first-order chi connectivity index (χ1) is 30.8. The minimum Gasteiger partial charge on any atom is -0.383 e. The van der Waals surface area contributed by atoms with Crippen molar-refractivity contribution in [2.24, 2.45) is 0 Å². The van der Waals surface area contributed by atoms with Crippen LogP contribution in [0.3, 0.4) is 0 Å². The van der Waals surface area contributed by atoms with Gasteiger partial charge < -0.3 is 31.9 Å². The third kappa shape index (κ3) is 22.6. The number of hydrogen-bond donors (Lipinski definition) is 6. The third-order valence-corrected chi connectivity index (χ3v) is 12.0. The van der Waals surface area contributed by atoms with Crippen molar-refractivity contribution in [1.82, 2.24) is 15.0 Å². The molecule has 3 unspecified atom stereocenters. The summed E-state index contributed by atoms with van der Waals surface area (Å²) >= 11 is 0. The summed E-state index contributed by atoms with van der Waals surface area (Å²) in [6, 6.07) is 26.5. The lowest BCUT2D eigenvalue weighted by molar-refractivity contribution is 0.557. The van der Waals surface area contributed by atoms with Crippen molar-refractivity contribution >= 4 is 52.0 Å². The highest BCUT2D eigenvalue weighted by atomic mass is 15.3. The molecule has 63 heavy (non-hydrogen) atoms. The Morgan fingerprint density at radius 1 is 0.302 bits per heavy atom. The zero-order chi connectivity index (χ0) is 44.7. The van der Waals surface area contributed by atoms with Crippen molar-refractivity contribution in [3.63, 3.8) is 0 Å². The number of aromatic nitrogens is 3. The number of hydrogen-bond acceptors (Lipinski definition) is 9. The van der Waals surface area contributed by atoms with Crippen LogP contribution in [0.2, 0.25) is 0 Å². The highest BCUT2D eigenvalue weighted by molar-refractivity contribution is 5.65. The summed E-state index contributed by atoms with van der Waals surface area (Å²) in [7, 11) is 0. The van der Waals surface area contributed by atoms with Gasteiger partial charge in [0, 0.05) is 52.2 Å². The normalized spacial score (nSPS) is 12.7. The van der Waals surface area contributed by atoms with Crippen LogP contribution in [-0.4, -0.2) is 33.1 Å². The standard InChI is InChI=1S/C54H87N9/c1-7-10-13-16-19-22-25-28-43(4)55-46-31-37-49(38-32-46)58-52-61-53(59-50-39-33-47(34-40-50)56-44(5)29-26-23-20-17-14-11-8-2)63-54(62-52)60-51-41-35-48(36-42-51)57-45(6)30-27-24-21-18-15-12-9-3/h31-45,55-57H,7-30H2,1-6H3,(H3,58,59,60,61,62,63). The van der Waals surface area contributed by atoms with E-state index in [4.69, 9.17) is 15.0 Å². The molecule has 3 aromatic carbocycles. The Kier molecular flexibility index (Phi) is 25.4. The van der Waals surface area contributed by atoms with E-state index >= 15 is 0 Å². The number of anilines is 9. The summed E-state index contributed by atoms with van der Waals surface area (Å²) in [4.78, 5) is 14.4. The number of rotatable bonds is 36. The van der Waals surface area contributed by atoms with E-state index in [0.717, 1.165) is 34.1 Å². The molecule has 0 aliphatic heterocycles. The summed E-state index contributed by atoms with van der Waals surface area (Å²) < 4.78 is 0. The first-order valence-electron chi connectivity index (χ1n) is 25.5. The van der Waals surface area contributed by atoms with Gasteiger partial charge in [0.05, 0.1) is 0 Å². The lowest BCUT2D eigenvalue weighted by Gasteiger charge is -2.17. The topological polar surface area (TPSA) is 111 Å². The van der Waals surface area contributed by atoms with Gasteiger partial charge in [-0.2, -0.15) is 15.0 Å². The van der Waals surface area contributed by atoms with Crippen LogP contribution < -0.4 is 31.9 Å². The molecule has 6 N–H and O–H groups in total. The Balaban J connectivity index is 1.36. The fourth-order valence-electron chi connectivity index (χ4n) is 8.17. The van der Waals surface area contributed by atoms with Crippen molar-refractivity contribution in [2.45, 2.75) is 214 Å². The number of nitrogens with zero attached hydrogens (tertiary/aromatic N) is 3. The van der Waals surface area contributed by atoms with Crippen molar-refractivity contribution < 1.29 is 0 Å². The maximum Gasteiger partial charge on any atom is 0.233 e. The molecule has 348 valence electrons. The van der Waals surface area contributed by atoms with Crippen LogP contribution in [0.4, 0.5) is 52.0 Å². The first kappa shape index (κ1) is 51.1. The summed E-state index contributed by atoms with van der Waals surface area (Å²) in [5.74, 6) is 1.37. The summed E-state index contributed by atoms with van der Waals surface area (Å²) in [5, 5.41) is 21.4. The molecule has 0 fully saturated rings. The molecule has 0 aliphatic rings. The van der Waals surface area contributed by atoms with Crippen LogP contribution in [-0.2, 0) is 0 Å². The minimum atomic E-state index is 0.427. The summed E-state index contributed by atoms with van der Waals surface area (Å²) in [6.07, 6.45) is 31.6. The average Bonchev–Trinajstić information content (AvgIpc) is 3.27. The molecule has 4 aromatic rings. The van der Waals surface area contributed by atoms with Crippen molar-refractivity contribution in [3.05, 3.63) is 72.8 Å². The van der Waals surface area contributed by atoms with Gasteiger partial charge in [0.25, 0.3) is 0 Å². The van der Waals surface area contributed by atoms with E-state index < -0.39 is 0 Å². The van der Waals surface area contributed by atoms with E-state index in [9.17, 15) is 0 Å². The fraction of sp³-hybridized carbons (Fsp3) is 0.611. The van der Waals surface area contributed by atoms with Gasteiger partial charge in [0.1, 0.15) is 0 Å². The third-order valence-electron chi connectivity index (χ3n) is 12.0. The lowest BCUT2D eigenvalue weighted by atomic mass is 10.1. The monoisotopic (exact) mass is 862 g/mol. The lowest BCUT2D eigenvalue weighted by Crippen LogP contribution is -2.15. The molecule has 0 bridgehead atoms. The second-order valence-electron chi connectivity index (χ2n) is 18.3. The Morgan fingerprint density at radius 3 is 0.746 bits per heavy atom. The molecule has 9 nitrogen and oxygen atoms in total. The van der Waals surface area contributed by atoms with Crippen LogP contribution >= 0.6 is 0 Å². The zero-order valence-corrected chi connectivity index (χ0v) is 40.5. The van der Waals surface area contributed by atoms with Crippen molar-refractivity contribution in [2.75, 3.05) is 31.9 Å². The molecule has 1 heterocycles. The Labute approximate surface area is 384 Å². The fourth-order valence-corrected chi connectivity index (χ4v) is 8.17. The van der Waals surface area contributed by atoms with Gasteiger partial charge in [-0.3, -0.25) is 0 Å². The van der Waals surface area contributed by atoms with Crippen LogP contribution in [0.15, 0.2) is 72.8 Å². The van der Waals surface area contributed by atoms with E-state index in [1.54, 1.807) is 0 Å². The van der Waals surface area contributed by atoms with Crippen LogP contribution in [0.25, 0.3) is 0 Å². The highest BCUT2D eigenvalue weighted by Crippen LogP contribution is 2.25. The van der Waals surface area contributed by atoms with Gasteiger partial charge in [-0.25, -0.2) is 0 Å². The van der Waals surface area contributed by atoms with Crippen molar-refractivity contribution in [1.29, 1.82) is 0 Å². The van der Waals surface area contributed by atoms with E-state index in [1.807, 2.05) is 0 Å². The molecule has 1 aromatic heterocycles. The number of benzene rings is 3. The van der Waals surface area contributed by atoms with Gasteiger partial charge >= 0.3 is 0 Å². The van der Waals surface area contributed by atoms with Crippen LogP contribution in [0.1, 0.15) is 196 Å². The van der Waals surface area contributed by atoms with Gasteiger partial charge in [-0.1, -0.05) is 156 Å². The van der Waals surface area contributed by atoms with Crippen molar-refractivity contribution in [3.8, 4) is 0 Å². The molecule has 4 rings (SSSR count). The van der Waals surface area contributed by atoms with Crippen LogP contribution in [0, 0.1) is 0 Å². The van der Waals surface area contributed by atoms with E-state index in [0.29, 0.717) is 36.0 Å². The Hall–Kier alpha value is -4.53. The minimum absolute atomic E-state index is 0.427. The molecule has 3 atom stereocenters. The molecule has 0 spiro atoms. The molecular weight excluding hydrogens is 775 g/mol. The SMILES string of the molecule is CCCCCCCCCC(C)Nc1ccc(Nc2nc(Nc3ccc(NC(C)CCCCCCCCC)cc3)nc(Nc3ccc(NC(C)CCCCCCCCC)cc3)n2)cc1. The van der Waals surface area contributed by atoms with Gasteiger partial charge in [-0.15, -0.1) is 0 Å². The second kappa shape index (κ2) is 31.3. The van der Waals surface area contributed by atoms with Gasteiger partial charge in [0.15, 0.2) is 0 Å². The maximum atomic E-state index is 4.81. The van der Waals surface area contributed by atoms with E-state index in [1.165, 1.54) is 154 Å². The van der Waals surface area contributed by atoms with E-state index in [2.05, 4.69) is 146 Å². The molecule has 9 heteroatoms. The predicted octanol–water partition coefficient (Wildman–Crippen LogP) is 16.9. The van der Waals surface area contributed by atoms with Gasteiger partial charge in [0.2, 0.25) is 17.8 Å². The number of unbranched alkanes of at least 4 members (excludes halogenated alkanes) is 18. The predicted molar refractivity (Wildman–Crippen MR) is 276 cm³/mol. The maximum absolute atomic E-state index is 4.81. The summed E-state index contributed by atoms with van der Waals surface area (Å²) in [5.41, 5.74) is 6.08. The summed E-state index contributed by atoms with van der Waals surface area (Å²) in [6.45, 7) is 13.7. The molecule has 0 saturated carbocycles. The molecule has 0 aliphatic carbocycles. The van der Waals surface area contributed by atoms with Crippen LogP contribution in [0.5, 0.6) is 0 Å². The molecular formula is C54H87N9. The van der Waals surface area contributed by atoms with E-state index in [-0.39, 0.29) is 0 Å². The van der Waals surface area contributed by atoms with Gasteiger partial charge in [-0.05, 0) is 113 Å². The smallest absolute Gasteiger partial charge is 0.233 e. The average molecular weight is 862 g/mol.